The van der Waals surface area contributed by atoms with Gasteiger partial charge in [-0.1, -0.05) is 107 Å². The second-order valence-electron chi connectivity index (χ2n) is 10.9. The standard InChI is InChI=1S/C37H50N6/c1-11-14-31(12-2)18-17-25(5)35(21-38)43-30(10)34(42-24(3)4)19-26(6)29(9)40-22-32-15-13-16-33(20-32)23-41-37-28(8)27(7)36(37)39/h11-20,25,29,35,40-41,43H,1-3,7-8,10,21-23,38-39H2,4-6,9H3/b18-17-,26-19+,31-14-,42-34?/t25?,29?,35-/m0/s1. The molecule has 43 heavy (non-hydrogen) atoms. The van der Waals surface area contributed by atoms with E-state index in [0.29, 0.717) is 36.7 Å². The Balaban J connectivity index is 2.06. The van der Waals surface area contributed by atoms with Crippen molar-refractivity contribution in [2.24, 2.45) is 22.4 Å². The van der Waals surface area contributed by atoms with Gasteiger partial charge in [0.1, 0.15) is 0 Å². The van der Waals surface area contributed by atoms with Crippen LogP contribution in [0.25, 0.3) is 0 Å². The minimum atomic E-state index is -0.0335. The molecule has 6 nitrogen and oxygen atoms in total. The molecule has 0 bridgehead atoms. The van der Waals surface area contributed by atoms with E-state index >= 15 is 0 Å². The molecule has 6 heteroatoms. The Hall–Kier alpha value is -4.39. The zero-order chi connectivity index (χ0) is 32.1. The quantitative estimate of drug-likeness (QED) is 0.103. The van der Waals surface area contributed by atoms with E-state index < -0.39 is 0 Å². The van der Waals surface area contributed by atoms with Crippen molar-refractivity contribution in [2.75, 3.05) is 6.54 Å². The minimum Gasteiger partial charge on any atom is -0.397 e. The van der Waals surface area contributed by atoms with Gasteiger partial charge in [-0.05, 0) is 49.5 Å². The Kier molecular flexibility index (Phi) is 13.7. The monoisotopic (exact) mass is 578 g/mol. The van der Waals surface area contributed by atoms with Gasteiger partial charge in [-0.15, -0.1) is 0 Å². The molecule has 2 unspecified atom stereocenters. The van der Waals surface area contributed by atoms with E-state index in [1.54, 1.807) is 12.2 Å². The van der Waals surface area contributed by atoms with Gasteiger partial charge in [-0.2, -0.15) is 0 Å². The summed E-state index contributed by atoms with van der Waals surface area (Å²) in [6.45, 7) is 33.8. The molecule has 3 atom stereocenters. The molecule has 0 amide bonds. The first-order valence-corrected chi connectivity index (χ1v) is 14.6. The molecule has 0 radical (unpaired) electrons. The number of nitrogens with one attached hydrogen (secondary N) is 3. The van der Waals surface area contributed by atoms with Crippen LogP contribution in [0.4, 0.5) is 0 Å². The zero-order valence-corrected chi connectivity index (χ0v) is 26.5. The molecule has 0 saturated carbocycles. The first-order chi connectivity index (χ1) is 20.4. The summed E-state index contributed by atoms with van der Waals surface area (Å²) in [7, 11) is 0. The highest BCUT2D eigenvalue weighted by atomic mass is 15.0. The molecule has 1 aromatic rings. The van der Waals surface area contributed by atoms with E-state index in [4.69, 9.17) is 11.5 Å². The molecular weight excluding hydrogens is 528 g/mol. The number of rotatable bonds is 18. The van der Waals surface area contributed by atoms with Crippen LogP contribution >= 0.6 is 0 Å². The van der Waals surface area contributed by atoms with Crippen LogP contribution in [0, 0.1) is 5.92 Å². The van der Waals surface area contributed by atoms with E-state index in [1.807, 2.05) is 19.1 Å². The van der Waals surface area contributed by atoms with Crippen molar-refractivity contribution in [3.63, 3.8) is 0 Å². The smallest absolute Gasteiger partial charge is 0.0857 e. The van der Waals surface area contributed by atoms with Crippen molar-refractivity contribution < 1.29 is 0 Å². The molecule has 7 N–H and O–H groups in total. The molecular formula is C37H50N6. The maximum Gasteiger partial charge on any atom is 0.0857 e. The number of hydrogen-bond acceptors (Lipinski definition) is 6. The lowest BCUT2D eigenvalue weighted by Gasteiger charge is -2.27. The molecule has 1 aliphatic carbocycles. The van der Waals surface area contributed by atoms with Gasteiger partial charge < -0.3 is 27.4 Å². The first kappa shape index (κ1) is 34.8. The summed E-state index contributed by atoms with van der Waals surface area (Å²) in [5.41, 5.74) is 22.0. The van der Waals surface area contributed by atoms with Crippen LogP contribution in [-0.4, -0.2) is 24.3 Å². The van der Waals surface area contributed by atoms with Crippen LogP contribution in [0.3, 0.4) is 0 Å². The maximum absolute atomic E-state index is 6.15. The third-order valence-electron chi connectivity index (χ3n) is 7.39. The van der Waals surface area contributed by atoms with Crippen LogP contribution in [0.2, 0.25) is 0 Å². The third-order valence-corrected chi connectivity index (χ3v) is 7.39. The Morgan fingerprint density at radius 1 is 1.05 bits per heavy atom. The van der Waals surface area contributed by atoms with Gasteiger partial charge >= 0.3 is 0 Å². The molecule has 1 aromatic carbocycles. The molecule has 0 aliphatic heterocycles. The number of hydrogen-bond donors (Lipinski definition) is 5. The average molecular weight is 579 g/mol. The highest BCUT2D eigenvalue weighted by Crippen LogP contribution is 2.31. The van der Waals surface area contributed by atoms with Crippen LogP contribution in [0.5, 0.6) is 0 Å². The van der Waals surface area contributed by atoms with Gasteiger partial charge in [0.25, 0.3) is 0 Å². The average Bonchev–Trinajstić information content (AvgIpc) is 2.99. The molecule has 228 valence electrons. The van der Waals surface area contributed by atoms with Crippen LogP contribution in [0.1, 0.15) is 38.8 Å². The fraction of sp³-hybridized carbons (Fsp3) is 0.270. The van der Waals surface area contributed by atoms with E-state index in [9.17, 15) is 0 Å². The Labute approximate surface area is 259 Å². The van der Waals surface area contributed by atoms with E-state index in [1.165, 1.54) is 11.1 Å². The fourth-order valence-electron chi connectivity index (χ4n) is 4.40. The number of nitrogens with two attached hydrogens (primary N) is 2. The molecule has 0 aromatic heterocycles. The first-order valence-electron chi connectivity index (χ1n) is 14.6. The molecule has 0 spiro atoms. The summed E-state index contributed by atoms with van der Waals surface area (Å²) in [5.74, 6) is 0.138. The number of nitrogens with zero attached hydrogens (tertiary/aromatic N) is 1. The van der Waals surface area contributed by atoms with Gasteiger partial charge in [-0.3, -0.25) is 4.99 Å². The highest BCUT2D eigenvalue weighted by Gasteiger charge is 2.23. The van der Waals surface area contributed by atoms with Gasteiger partial charge in [0.15, 0.2) is 0 Å². The predicted molar refractivity (Wildman–Crippen MR) is 187 cm³/mol. The van der Waals surface area contributed by atoms with Gasteiger partial charge in [-0.25, -0.2) is 0 Å². The molecule has 0 saturated heterocycles. The molecule has 1 aliphatic rings. The number of benzene rings is 1. The van der Waals surface area contributed by atoms with Gasteiger partial charge in [0.2, 0.25) is 0 Å². The fourth-order valence-corrected chi connectivity index (χ4v) is 4.40. The van der Waals surface area contributed by atoms with Gasteiger partial charge in [0, 0.05) is 48.6 Å². The SMILES string of the molecule is C=C/C=C(C=C)\C=C/C(C)[C@H](CN)NC(=C)C(/C=C(\C)C(C)NCc1cccc(CNC2=C(N)C(=C)C2=C)c1)=NC(=C)C. The highest BCUT2D eigenvalue weighted by molar-refractivity contribution is 6.08. The van der Waals surface area contributed by atoms with E-state index in [0.717, 1.165) is 33.7 Å². The Morgan fingerprint density at radius 3 is 2.30 bits per heavy atom. The largest absolute Gasteiger partial charge is 0.397 e. The van der Waals surface area contributed by atoms with Crippen molar-refractivity contribution in [3.05, 3.63) is 156 Å². The summed E-state index contributed by atoms with van der Waals surface area (Å²) in [6, 6.07) is 8.53. The predicted octanol–water partition coefficient (Wildman–Crippen LogP) is 6.39. The van der Waals surface area contributed by atoms with Crippen LogP contribution in [0.15, 0.2) is 150 Å². The normalized spacial score (nSPS) is 16.4. The summed E-state index contributed by atoms with van der Waals surface area (Å²) < 4.78 is 0. The summed E-state index contributed by atoms with van der Waals surface area (Å²) in [5, 5.41) is 10.5. The second-order valence-corrected chi connectivity index (χ2v) is 10.9. The van der Waals surface area contributed by atoms with Crippen molar-refractivity contribution in [2.45, 2.75) is 52.9 Å². The molecule has 2 rings (SSSR count). The van der Waals surface area contributed by atoms with Crippen molar-refractivity contribution in [3.8, 4) is 0 Å². The van der Waals surface area contributed by atoms with Crippen molar-refractivity contribution in [1.29, 1.82) is 0 Å². The van der Waals surface area contributed by atoms with E-state index in [2.05, 4.69) is 118 Å². The van der Waals surface area contributed by atoms with Gasteiger partial charge in [0.05, 0.1) is 22.8 Å². The lowest BCUT2D eigenvalue weighted by molar-refractivity contribution is 0.481. The van der Waals surface area contributed by atoms with E-state index in [-0.39, 0.29) is 18.0 Å². The van der Waals surface area contributed by atoms with Crippen LogP contribution in [-0.2, 0) is 13.1 Å². The number of allylic oxidation sites excluding steroid dienone is 9. The van der Waals surface area contributed by atoms with Crippen molar-refractivity contribution in [1.82, 2.24) is 16.0 Å². The summed E-state index contributed by atoms with van der Waals surface area (Å²) >= 11 is 0. The minimum absolute atomic E-state index is 0.0335. The Bertz CT molecular complexity index is 1400. The maximum atomic E-state index is 6.15. The summed E-state index contributed by atoms with van der Waals surface area (Å²) in [4.78, 5) is 4.68. The lowest BCUT2D eigenvalue weighted by atomic mass is 9.90. The second kappa shape index (κ2) is 16.9. The summed E-state index contributed by atoms with van der Waals surface area (Å²) in [6.07, 6.45) is 11.6. The topological polar surface area (TPSA) is 100 Å². The Morgan fingerprint density at radius 2 is 1.72 bits per heavy atom. The molecule has 0 fully saturated rings. The zero-order valence-electron chi connectivity index (χ0n) is 26.5. The van der Waals surface area contributed by atoms with Crippen molar-refractivity contribution >= 4 is 5.71 Å². The number of aliphatic imine (C=N–C) groups is 1. The lowest BCUT2D eigenvalue weighted by Crippen LogP contribution is -2.41. The molecule has 0 heterocycles. The third kappa shape index (κ3) is 10.4. The van der Waals surface area contributed by atoms with Crippen LogP contribution < -0.4 is 27.4 Å².